The van der Waals surface area contributed by atoms with Crippen LogP contribution >= 0.6 is 11.5 Å². The third kappa shape index (κ3) is 4.04. The number of hydrogen-bond donors (Lipinski definition) is 1. The van der Waals surface area contributed by atoms with Gasteiger partial charge in [-0.1, -0.05) is 58.4 Å². The Labute approximate surface area is 134 Å². The van der Waals surface area contributed by atoms with Crippen molar-refractivity contribution in [2.24, 2.45) is 11.8 Å². The molecule has 4 heteroatoms. The van der Waals surface area contributed by atoms with Crippen molar-refractivity contribution in [3.8, 4) is 0 Å². The topological polar surface area (TPSA) is 37.8 Å². The standard InChI is InChI=1S/C17H31N3S/c1-6-12-9-8-10-13(11-12)14(18-7-2)15-16(17(3,4)5)19-20-21-15/h12-14,18H,6-11H2,1-5H3. The Hall–Kier alpha value is -0.480. The summed E-state index contributed by atoms with van der Waals surface area (Å²) in [6, 6.07) is 0.443. The molecule has 120 valence electrons. The number of nitrogens with one attached hydrogen (secondary N) is 1. The summed E-state index contributed by atoms with van der Waals surface area (Å²) in [7, 11) is 0. The summed E-state index contributed by atoms with van der Waals surface area (Å²) < 4.78 is 4.28. The number of aromatic nitrogens is 2. The Balaban J connectivity index is 2.25. The van der Waals surface area contributed by atoms with E-state index in [0.29, 0.717) is 6.04 Å². The average Bonchev–Trinajstić information content (AvgIpc) is 2.94. The molecule has 0 saturated heterocycles. The van der Waals surface area contributed by atoms with Crippen LogP contribution in [-0.2, 0) is 5.41 Å². The predicted molar refractivity (Wildman–Crippen MR) is 90.8 cm³/mol. The van der Waals surface area contributed by atoms with Gasteiger partial charge in [-0.15, -0.1) is 5.10 Å². The Bertz CT molecular complexity index is 435. The van der Waals surface area contributed by atoms with E-state index in [-0.39, 0.29) is 5.41 Å². The monoisotopic (exact) mass is 309 g/mol. The molecule has 3 atom stereocenters. The number of nitrogens with zero attached hydrogens (tertiary/aromatic N) is 2. The van der Waals surface area contributed by atoms with E-state index in [9.17, 15) is 0 Å². The van der Waals surface area contributed by atoms with Crippen molar-refractivity contribution in [3.63, 3.8) is 0 Å². The minimum Gasteiger partial charge on any atom is -0.309 e. The number of rotatable bonds is 5. The maximum absolute atomic E-state index is 4.45. The van der Waals surface area contributed by atoms with Crippen LogP contribution in [0.5, 0.6) is 0 Å². The van der Waals surface area contributed by atoms with Gasteiger partial charge in [0.1, 0.15) is 0 Å². The normalized spacial score (nSPS) is 25.0. The lowest BCUT2D eigenvalue weighted by Crippen LogP contribution is -2.32. The molecule has 3 nitrogen and oxygen atoms in total. The van der Waals surface area contributed by atoms with Gasteiger partial charge in [0.05, 0.1) is 10.6 Å². The maximum atomic E-state index is 4.45. The lowest BCUT2D eigenvalue weighted by Gasteiger charge is -2.35. The SMILES string of the molecule is CCNC(c1snnc1C(C)(C)C)C1CCCC(CC)C1. The second-order valence-corrected chi connectivity index (χ2v) is 8.26. The molecule has 2 rings (SSSR count). The van der Waals surface area contributed by atoms with Crippen LogP contribution in [0.15, 0.2) is 0 Å². The van der Waals surface area contributed by atoms with Crippen LogP contribution in [0.25, 0.3) is 0 Å². The molecule has 1 aliphatic carbocycles. The van der Waals surface area contributed by atoms with Crippen molar-refractivity contribution >= 4 is 11.5 Å². The van der Waals surface area contributed by atoms with Crippen LogP contribution in [0.3, 0.4) is 0 Å². The van der Waals surface area contributed by atoms with Crippen LogP contribution in [0.1, 0.15) is 83.3 Å². The van der Waals surface area contributed by atoms with Crippen molar-refractivity contribution in [2.45, 2.75) is 78.2 Å². The van der Waals surface area contributed by atoms with Crippen LogP contribution in [-0.4, -0.2) is 16.1 Å². The minimum absolute atomic E-state index is 0.0782. The van der Waals surface area contributed by atoms with Gasteiger partial charge >= 0.3 is 0 Å². The first kappa shape index (κ1) is 16.9. The van der Waals surface area contributed by atoms with Crippen LogP contribution in [0, 0.1) is 11.8 Å². The minimum atomic E-state index is 0.0782. The molecule has 1 N–H and O–H groups in total. The highest BCUT2D eigenvalue weighted by Crippen LogP contribution is 2.41. The van der Waals surface area contributed by atoms with Gasteiger partial charge in [-0.3, -0.25) is 0 Å². The van der Waals surface area contributed by atoms with Gasteiger partial charge in [-0.25, -0.2) is 0 Å². The molecule has 3 unspecified atom stereocenters. The molecule has 0 spiro atoms. The first-order chi connectivity index (χ1) is 9.97. The van der Waals surface area contributed by atoms with E-state index in [1.807, 2.05) is 0 Å². The molecular formula is C17H31N3S. The third-order valence-corrected chi connectivity index (χ3v) is 5.61. The Morgan fingerprint density at radius 3 is 2.67 bits per heavy atom. The van der Waals surface area contributed by atoms with Gasteiger partial charge < -0.3 is 5.32 Å². The lowest BCUT2D eigenvalue weighted by molar-refractivity contribution is 0.211. The molecule has 1 heterocycles. The summed E-state index contributed by atoms with van der Waals surface area (Å²) in [5.74, 6) is 1.65. The molecular weight excluding hydrogens is 278 g/mol. The zero-order valence-electron chi connectivity index (χ0n) is 14.3. The van der Waals surface area contributed by atoms with E-state index in [1.165, 1.54) is 42.7 Å². The smallest absolute Gasteiger partial charge is 0.0857 e. The largest absolute Gasteiger partial charge is 0.309 e. The molecule has 0 bridgehead atoms. The van der Waals surface area contributed by atoms with E-state index in [0.717, 1.165) is 18.4 Å². The first-order valence-corrected chi connectivity index (χ1v) is 9.30. The van der Waals surface area contributed by atoms with Gasteiger partial charge in [0, 0.05) is 11.5 Å². The summed E-state index contributed by atoms with van der Waals surface area (Å²) in [5, 5.41) is 8.20. The first-order valence-electron chi connectivity index (χ1n) is 8.53. The fourth-order valence-corrected chi connectivity index (χ4v) is 4.65. The Kier molecular flexibility index (Phi) is 5.78. The molecule has 0 aliphatic heterocycles. The highest BCUT2D eigenvalue weighted by atomic mass is 32.1. The molecule has 1 fully saturated rings. The molecule has 1 aromatic heterocycles. The summed E-state index contributed by atoms with van der Waals surface area (Å²) in [4.78, 5) is 1.38. The van der Waals surface area contributed by atoms with Crippen molar-refractivity contribution in [1.29, 1.82) is 0 Å². The molecule has 0 aromatic carbocycles. The Morgan fingerprint density at radius 2 is 2.05 bits per heavy atom. The van der Waals surface area contributed by atoms with Crippen LogP contribution in [0.4, 0.5) is 0 Å². The van der Waals surface area contributed by atoms with Crippen LogP contribution < -0.4 is 5.32 Å². The van der Waals surface area contributed by atoms with Gasteiger partial charge in [-0.2, -0.15) is 0 Å². The average molecular weight is 310 g/mol. The van der Waals surface area contributed by atoms with Gasteiger partial charge in [0.15, 0.2) is 0 Å². The Morgan fingerprint density at radius 1 is 1.29 bits per heavy atom. The highest BCUT2D eigenvalue weighted by molar-refractivity contribution is 7.05. The zero-order chi connectivity index (χ0) is 15.5. The summed E-state index contributed by atoms with van der Waals surface area (Å²) in [6.07, 6.45) is 6.81. The number of hydrogen-bond acceptors (Lipinski definition) is 4. The van der Waals surface area contributed by atoms with Crippen molar-refractivity contribution in [1.82, 2.24) is 14.9 Å². The van der Waals surface area contributed by atoms with Crippen LogP contribution in [0.2, 0.25) is 0 Å². The second-order valence-electron chi connectivity index (χ2n) is 7.47. The highest BCUT2D eigenvalue weighted by Gasteiger charge is 2.33. The third-order valence-electron chi connectivity index (χ3n) is 4.80. The van der Waals surface area contributed by atoms with E-state index in [2.05, 4.69) is 49.5 Å². The quantitative estimate of drug-likeness (QED) is 0.856. The fourth-order valence-electron chi connectivity index (χ4n) is 3.62. The molecule has 0 amide bonds. The van der Waals surface area contributed by atoms with Crippen molar-refractivity contribution in [2.75, 3.05) is 6.54 Å². The fraction of sp³-hybridized carbons (Fsp3) is 0.882. The maximum Gasteiger partial charge on any atom is 0.0857 e. The van der Waals surface area contributed by atoms with Crippen molar-refractivity contribution < 1.29 is 0 Å². The molecule has 1 aliphatic rings. The predicted octanol–water partition coefficient (Wildman–Crippen LogP) is 4.70. The lowest BCUT2D eigenvalue weighted by atomic mass is 9.75. The molecule has 21 heavy (non-hydrogen) atoms. The summed E-state index contributed by atoms with van der Waals surface area (Å²) in [5.41, 5.74) is 1.27. The van der Waals surface area contributed by atoms with E-state index < -0.39 is 0 Å². The molecule has 1 aromatic rings. The van der Waals surface area contributed by atoms with E-state index >= 15 is 0 Å². The second kappa shape index (κ2) is 7.19. The molecule has 0 radical (unpaired) electrons. The van der Waals surface area contributed by atoms with Gasteiger partial charge in [-0.05, 0) is 42.8 Å². The van der Waals surface area contributed by atoms with E-state index in [4.69, 9.17) is 0 Å². The summed E-state index contributed by atoms with van der Waals surface area (Å²) in [6.45, 7) is 12.3. The van der Waals surface area contributed by atoms with E-state index in [1.54, 1.807) is 11.5 Å². The van der Waals surface area contributed by atoms with Gasteiger partial charge in [0.2, 0.25) is 0 Å². The van der Waals surface area contributed by atoms with Gasteiger partial charge in [0.25, 0.3) is 0 Å². The summed E-state index contributed by atoms with van der Waals surface area (Å²) >= 11 is 1.60. The van der Waals surface area contributed by atoms with Crippen molar-refractivity contribution in [3.05, 3.63) is 10.6 Å². The molecule has 1 saturated carbocycles. The zero-order valence-corrected chi connectivity index (χ0v) is 15.1.